The topological polar surface area (TPSA) is 648 Å². The summed E-state index contributed by atoms with van der Waals surface area (Å²) in [6.45, 7) is -8.09. The van der Waals surface area contributed by atoms with E-state index >= 15 is 0 Å². The summed E-state index contributed by atoms with van der Waals surface area (Å²) in [5.41, 5.74) is 0. The Morgan fingerprint density at radius 2 is 0.440 bits per heavy atom. The van der Waals surface area contributed by atoms with Crippen LogP contribution in [0.1, 0.15) is 0 Å². The third-order valence-electron chi connectivity index (χ3n) is 17.2. The molecule has 41 nitrogen and oxygen atoms in total. The van der Waals surface area contributed by atoms with Crippen molar-refractivity contribution in [1.82, 2.24) is 10.6 Å². The second kappa shape index (κ2) is 31.3. The largest absolute Gasteiger partial charge is 0.394 e. The van der Waals surface area contributed by atoms with Gasteiger partial charge in [-0.15, -0.1) is 0 Å². The highest BCUT2D eigenvalue weighted by molar-refractivity contribution is 7.80. The molecule has 0 radical (unpaired) electrons. The van der Waals surface area contributed by atoms with Gasteiger partial charge in [0.2, 0.25) is 0 Å². The zero-order valence-corrected chi connectivity index (χ0v) is 48.3. The average Bonchev–Trinajstić information content (AvgIpc) is 0.859. The van der Waals surface area contributed by atoms with Crippen LogP contribution in [-0.2, 0) is 71.1 Å². The molecule has 0 aliphatic carbocycles. The van der Waals surface area contributed by atoms with Crippen LogP contribution in [0.3, 0.4) is 0 Å². The summed E-state index contributed by atoms with van der Waals surface area (Å²) in [5.74, 6) is 0. The van der Waals surface area contributed by atoms with Gasteiger partial charge in [-0.1, -0.05) is 0 Å². The van der Waals surface area contributed by atoms with Gasteiger partial charge in [-0.2, -0.15) is 0 Å². The first-order chi connectivity index (χ1) is 43.2. The average molecular weight is 1360 g/mol. The van der Waals surface area contributed by atoms with Crippen molar-refractivity contribution in [2.24, 2.45) is 0 Å². The Morgan fingerprint density at radius 3 is 0.659 bits per heavy atom. The molecule has 0 aromatic heterocycles. The van der Waals surface area contributed by atoms with E-state index in [0.717, 1.165) is 0 Å². The van der Waals surface area contributed by atoms with Gasteiger partial charge in [0.15, 0.2) is 55.4 Å². The minimum atomic E-state index is -2.32. The normalized spacial score (nSPS) is 53.7. The zero-order valence-electron chi connectivity index (χ0n) is 47.5. The van der Waals surface area contributed by atoms with Crippen LogP contribution >= 0.6 is 12.2 Å². The Morgan fingerprint density at radius 1 is 0.231 bits per heavy atom. The first kappa shape index (κ1) is 73.4. The van der Waals surface area contributed by atoms with Gasteiger partial charge in [0.25, 0.3) is 0 Å². The van der Waals surface area contributed by atoms with Crippen LogP contribution in [0.4, 0.5) is 0 Å². The van der Waals surface area contributed by atoms with Gasteiger partial charge < -0.3 is 204 Å². The number of hydrogen-bond acceptors (Lipinski definition) is 40. The summed E-state index contributed by atoms with van der Waals surface area (Å²) in [6, 6.07) is 0. The van der Waals surface area contributed by atoms with E-state index in [0.29, 0.717) is 0 Å². The van der Waals surface area contributed by atoms with Crippen molar-refractivity contribution in [2.75, 3.05) is 52.8 Å². The number of ether oxygens (including phenoxy) is 15. The van der Waals surface area contributed by atoms with E-state index in [4.69, 9.17) is 83.3 Å². The van der Waals surface area contributed by atoms with E-state index in [1.54, 1.807) is 0 Å². The summed E-state index contributed by atoms with van der Waals surface area (Å²) in [5, 5.41) is 270. The minimum absolute atomic E-state index is 0.445. The van der Waals surface area contributed by atoms with Crippen LogP contribution < -0.4 is 10.6 Å². The molecular weight excluding hydrogens is 1270 g/mol. The van der Waals surface area contributed by atoms with Crippen molar-refractivity contribution in [3.05, 3.63) is 0 Å². The van der Waals surface area contributed by atoms with Crippen molar-refractivity contribution >= 4 is 17.3 Å². The molecule has 14 bridgehead atoms. The fourth-order valence-corrected chi connectivity index (χ4v) is 12.2. The van der Waals surface area contributed by atoms with Crippen molar-refractivity contribution in [3.63, 3.8) is 0 Å². The highest BCUT2D eigenvalue weighted by Gasteiger charge is 2.60. The number of aliphatic hydroxyl groups is 24. The number of aliphatic hydroxyl groups excluding tert-OH is 24. The first-order valence-corrected chi connectivity index (χ1v) is 29.4. The maximum absolute atomic E-state index is 11.9. The van der Waals surface area contributed by atoms with Crippen molar-refractivity contribution in [2.45, 2.75) is 246 Å². The lowest BCUT2D eigenvalue weighted by atomic mass is 9.95. The number of thiocarbonyl (C=S) groups is 1. The van der Waals surface area contributed by atoms with E-state index in [1.165, 1.54) is 0 Å². The van der Waals surface area contributed by atoms with Crippen molar-refractivity contribution in [3.8, 4) is 0 Å². The van der Waals surface area contributed by atoms with Gasteiger partial charge in [0.1, 0.15) is 195 Å². The smallest absolute Gasteiger partial charge is 0.187 e. The Bertz CT molecular complexity index is 2270. The molecule has 22 heterocycles. The Kier molecular flexibility index (Phi) is 25.3. The Balaban J connectivity index is 1.01. The van der Waals surface area contributed by atoms with Gasteiger partial charge in [-0.05, 0) is 12.2 Å². The lowest BCUT2D eigenvalue weighted by molar-refractivity contribution is -0.396. The van der Waals surface area contributed by atoms with Crippen LogP contribution in [0.25, 0.3) is 0 Å². The fraction of sp³-hybridized carbons (Fsp3) is 0.980. The lowest BCUT2D eigenvalue weighted by Gasteiger charge is -2.50. The molecule has 0 spiro atoms. The second-order valence-corrected chi connectivity index (χ2v) is 23.5. The molecule has 22 aliphatic rings. The fourth-order valence-electron chi connectivity index (χ4n) is 12.0. The third-order valence-corrected chi connectivity index (χ3v) is 17.5. The molecule has 40 atom stereocenters. The van der Waals surface area contributed by atoms with E-state index in [-0.39, 0.29) is 0 Å². The van der Waals surface area contributed by atoms with Gasteiger partial charge in [-0.3, -0.25) is 0 Å². The Labute approximate surface area is 518 Å². The maximum atomic E-state index is 11.9. The summed E-state index contributed by atoms with van der Waals surface area (Å²) in [7, 11) is 0. The number of rotatable bonds is 10. The second-order valence-electron chi connectivity index (χ2n) is 23.1. The third kappa shape index (κ3) is 14.9. The quantitative estimate of drug-likeness (QED) is 0.0903. The summed E-state index contributed by atoms with van der Waals surface area (Å²) in [4.78, 5) is 0. The summed E-state index contributed by atoms with van der Waals surface area (Å²) >= 11 is 5.36. The molecule has 0 saturated carbocycles. The minimum Gasteiger partial charge on any atom is -0.394 e. The SMILES string of the molecule is OC[C@H]1O[C@H](NC(=S)NC[C@H]2O[C@@H]3O[C@H]4[C@H](O)[C@@H](O)[C@@H](O[C@H]5[C@H](O)[C@@H](O)[C@@H](O[C@H]6[C@H](O)[C@@H](O)[C@@H](O[C@H]7[C@H](O)[C@@H](O)[C@@H](O[C@H]8[C@H](O)[C@@H](O)[C@@H](O[C@H]9[C@H](O)[C@@H](O)[C@@H](O[C@H]2[C@H](O)[C@H]3O)O[C@@H]9CO)O[C@@H]8CO)O[C@@H]7CO)O[C@@H]6CO)O[C@@H]5CO)O[C@@H]4CO)[C@@H](O)[C@@H](O)[C@@H]1O. The van der Waals surface area contributed by atoms with Gasteiger partial charge in [0, 0.05) is 6.54 Å². The van der Waals surface area contributed by atoms with Gasteiger partial charge in [-0.25, -0.2) is 0 Å². The van der Waals surface area contributed by atoms with E-state index in [9.17, 15) is 123 Å². The molecule has 42 heteroatoms. The monoisotopic (exact) mass is 1350 g/mol. The van der Waals surface area contributed by atoms with Gasteiger partial charge in [0.05, 0.1) is 46.2 Å². The predicted octanol–water partition coefficient (Wildman–Crippen LogP) is -18.0. The lowest BCUT2D eigenvalue weighted by Crippen LogP contribution is -2.69. The molecule has 0 aromatic rings. The molecule has 0 aromatic carbocycles. The van der Waals surface area contributed by atoms with Crippen LogP contribution in [-0.4, -0.2) is 426 Å². The number of hydrogen-bond donors (Lipinski definition) is 26. The summed E-state index contributed by atoms with van der Waals surface area (Å²) < 4.78 is 86.4. The molecule has 91 heavy (non-hydrogen) atoms. The van der Waals surface area contributed by atoms with E-state index in [1.807, 2.05) is 0 Å². The molecule has 22 rings (SSSR count). The molecule has 26 N–H and O–H groups in total. The van der Waals surface area contributed by atoms with Crippen molar-refractivity contribution < 1.29 is 194 Å². The highest BCUT2D eigenvalue weighted by Crippen LogP contribution is 2.39. The zero-order chi connectivity index (χ0) is 66.3. The van der Waals surface area contributed by atoms with E-state index in [2.05, 4.69) is 10.6 Å². The molecule has 528 valence electrons. The molecule has 0 amide bonds. The maximum Gasteiger partial charge on any atom is 0.187 e. The number of nitrogens with one attached hydrogen (secondary N) is 2. The summed E-state index contributed by atoms with van der Waals surface area (Å²) in [6.07, 6.45) is -81.1. The molecular formula is C49H82N2O39S. The first-order valence-electron chi connectivity index (χ1n) is 29.0. The van der Waals surface area contributed by atoms with Crippen LogP contribution in [0, 0.1) is 0 Å². The van der Waals surface area contributed by atoms with Crippen LogP contribution in [0.2, 0.25) is 0 Å². The highest BCUT2D eigenvalue weighted by atomic mass is 32.1. The Hall–Kier alpha value is -1.87. The molecule has 22 aliphatic heterocycles. The molecule has 0 unspecified atom stereocenters. The van der Waals surface area contributed by atoms with Crippen LogP contribution in [0.15, 0.2) is 0 Å². The molecule has 22 fully saturated rings. The predicted molar refractivity (Wildman–Crippen MR) is 279 cm³/mol. The van der Waals surface area contributed by atoms with Gasteiger partial charge >= 0.3 is 0 Å². The van der Waals surface area contributed by atoms with Crippen LogP contribution in [0.5, 0.6) is 0 Å². The molecule has 22 saturated heterocycles. The van der Waals surface area contributed by atoms with Crippen molar-refractivity contribution in [1.29, 1.82) is 0 Å². The standard InChI is InChI=1S/C49H82N2O39S/c52-2-10-17(59)18(60)26(68)41(76-10)51-49(91)50-1-9-34-19(61)27(69)42(77-9)85-35-11(3-53)79-44(29(71)21(35)63)87-37-13(5-55)81-46(31(73)23(37)65)89-39-15(7-57)83-48(33(75)25(39)67)90-40-16(8-58)82-47(32(74)24(40)66)88-38-14(6-56)80-45(30(72)22(38)64)86-36-12(4-54)78-43(84-34)28(70)20(36)62/h9-48,52-75H,1-8H2,(H2,50,51,91)/t9-,10-,11-,12-,13-,14-,15-,16-,17-,18+,19-,20-,21-,22-,23-,24-,25-,26+,27-,28-,29-,30-,31-,32-,33-,34-,35-,36-,37-,38-,39-,40-,41+,42-,43-,44-,45-,46-,47-,48-/m1/s1. The van der Waals surface area contributed by atoms with E-state index < -0.39 is 303 Å².